The summed E-state index contributed by atoms with van der Waals surface area (Å²) >= 11 is 1.59. The molecule has 5 nitrogen and oxygen atoms in total. The fraction of sp³-hybridized carbons (Fsp3) is 0.583. The first-order chi connectivity index (χ1) is 8.52. The molecule has 1 aromatic heterocycles. The number of aromatic nitrogens is 1. The smallest absolute Gasteiger partial charge is 0.243 e. The summed E-state index contributed by atoms with van der Waals surface area (Å²) in [6.07, 6.45) is 0.626. The summed E-state index contributed by atoms with van der Waals surface area (Å²) in [5.41, 5.74) is 0.997. The van der Waals surface area contributed by atoms with Gasteiger partial charge in [-0.2, -0.15) is 0 Å². The van der Waals surface area contributed by atoms with Gasteiger partial charge in [0, 0.05) is 4.88 Å². The van der Waals surface area contributed by atoms with Crippen LogP contribution in [0.4, 0.5) is 0 Å². The lowest BCUT2D eigenvalue weighted by atomic mass is 10.1. The largest absolute Gasteiger partial charge is 0.345 e. The lowest BCUT2D eigenvalue weighted by Gasteiger charge is -2.33. The van der Waals surface area contributed by atoms with E-state index in [0.29, 0.717) is 13.0 Å². The van der Waals surface area contributed by atoms with Gasteiger partial charge in [-0.3, -0.25) is 9.59 Å². The molecule has 1 saturated heterocycles. The van der Waals surface area contributed by atoms with Gasteiger partial charge in [0.05, 0.1) is 18.8 Å². The Labute approximate surface area is 110 Å². The molecule has 0 radical (unpaired) electrons. The van der Waals surface area contributed by atoms with Crippen LogP contribution in [0.15, 0.2) is 0 Å². The van der Waals surface area contributed by atoms with E-state index in [2.05, 4.69) is 10.3 Å². The zero-order valence-electron chi connectivity index (χ0n) is 10.8. The fourth-order valence-corrected chi connectivity index (χ4v) is 2.99. The molecule has 1 unspecified atom stereocenters. The molecule has 1 aromatic rings. The van der Waals surface area contributed by atoms with Crippen LogP contribution in [0.3, 0.4) is 0 Å². The number of nitrogens with one attached hydrogen (secondary N) is 1. The summed E-state index contributed by atoms with van der Waals surface area (Å²) in [7, 11) is 0. The van der Waals surface area contributed by atoms with Crippen LogP contribution in [0.2, 0.25) is 0 Å². The summed E-state index contributed by atoms with van der Waals surface area (Å²) in [6.45, 7) is 6.41. The first-order valence-electron chi connectivity index (χ1n) is 6.03. The minimum atomic E-state index is -0.365. The van der Waals surface area contributed by atoms with Gasteiger partial charge in [0.1, 0.15) is 11.0 Å². The van der Waals surface area contributed by atoms with Crippen molar-refractivity contribution in [1.29, 1.82) is 0 Å². The molecule has 1 aliphatic heterocycles. The second-order valence-corrected chi connectivity index (χ2v) is 5.70. The Morgan fingerprint density at radius 2 is 2.17 bits per heavy atom. The van der Waals surface area contributed by atoms with E-state index in [4.69, 9.17) is 0 Å². The molecule has 2 rings (SSSR count). The topological polar surface area (TPSA) is 62.3 Å². The SMILES string of the molecule is CCC1C(=O)NCC(=O)N1Cc1nc(C)c(C)s1. The number of piperazine rings is 1. The lowest BCUT2D eigenvalue weighted by molar-refractivity contribution is -0.146. The van der Waals surface area contributed by atoms with Crippen LogP contribution in [0.25, 0.3) is 0 Å². The van der Waals surface area contributed by atoms with Crippen molar-refractivity contribution in [3.63, 3.8) is 0 Å². The molecule has 1 N–H and O–H groups in total. The van der Waals surface area contributed by atoms with Crippen LogP contribution < -0.4 is 5.32 Å². The maximum absolute atomic E-state index is 11.9. The zero-order valence-corrected chi connectivity index (χ0v) is 11.6. The monoisotopic (exact) mass is 267 g/mol. The Bertz CT molecular complexity index is 464. The second-order valence-electron chi connectivity index (χ2n) is 4.41. The summed E-state index contributed by atoms with van der Waals surface area (Å²) in [5, 5.41) is 3.51. The minimum Gasteiger partial charge on any atom is -0.345 e. The van der Waals surface area contributed by atoms with E-state index in [1.54, 1.807) is 16.2 Å². The molecule has 6 heteroatoms. The number of rotatable bonds is 3. The summed E-state index contributed by atoms with van der Waals surface area (Å²) in [4.78, 5) is 30.8. The predicted octanol–water partition coefficient (Wildman–Crippen LogP) is 0.997. The molecule has 1 aliphatic rings. The van der Waals surface area contributed by atoms with E-state index in [1.807, 2.05) is 20.8 Å². The van der Waals surface area contributed by atoms with Crippen LogP contribution in [0.5, 0.6) is 0 Å². The van der Waals surface area contributed by atoms with Gasteiger partial charge in [-0.05, 0) is 20.3 Å². The van der Waals surface area contributed by atoms with E-state index in [-0.39, 0.29) is 24.4 Å². The van der Waals surface area contributed by atoms with Gasteiger partial charge in [0.25, 0.3) is 0 Å². The van der Waals surface area contributed by atoms with E-state index in [1.165, 1.54) is 0 Å². The number of carbonyl (C=O) groups is 2. The molecule has 0 aliphatic carbocycles. The molecule has 18 heavy (non-hydrogen) atoms. The zero-order chi connectivity index (χ0) is 13.3. The summed E-state index contributed by atoms with van der Waals surface area (Å²) < 4.78 is 0. The molecule has 0 aromatic carbocycles. The highest BCUT2D eigenvalue weighted by atomic mass is 32.1. The van der Waals surface area contributed by atoms with Crippen LogP contribution in [-0.2, 0) is 16.1 Å². The molecule has 98 valence electrons. The summed E-state index contributed by atoms with van der Waals surface area (Å²) in [5.74, 6) is -0.103. The third kappa shape index (κ3) is 2.38. The van der Waals surface area contributed by atoms with Crippen molar-refractivity contribution >= 4 is 23.2 Å². The maximum Gasteiger partial charge on any atom is 0.243 e. The molecule has 0 bridgehead atoms. The summed E-state index contributed by atoms with van der Waals surface area (Å²) in [6, 6.07) is -0.365. The number of aryl methyl sites for hydroxylation is 2. The number of thiazole rings is 1. The van der Waals surface area contributed by atoms with Crippen molar-refractivity contribution in [2.45, 2.75) is 39.8 Å². The van der Waals surface area contributed by atoms with E-state index < -0.39 is 0 Å². The molecule has 2 heterocycles. The Morgan fingerprint density at radius 3 is 2.72 bits per heavy atom. The average Bonchev–Trinajstić information content (AvgIpc) is 2.64. The Morgan fingerprint density at radius 1 is 1.44 bits per heavy atom. The first-order valence-corrected chi connectivity index (χ1v) is 6.84. The average molecular weight is 267 g/mol. The van der Waals surface area contributed by atoms with Gasteiger partial charge < -0.3 is 10.2 Å². The van der Waals surface area contributed by atoms with Gasteiger partial charge in [0.2, 0.25) is 11.8 Å². The van der Waals surface area contributed by atoms with E-state index >= 15 is 0 Å². The van der Waals surface area contributed by atoms with Crippen LogP contribution in [0.1, 0.15) is 28.9 Å². The number of hydrogen-bond acceptors (Lipinski definition) is 4. The molecule has 0 saturated carbocycles. The van der Waals surface area contributed by atoms with Crippen molar-refractivity contribution < 1.29 is 9.59 Å². The van der Waals surface area contributed by atoms with Crippen molar-refractivity contribution in [2.24, 2.45) is 0 Å². The van der Waals surface area contributed by atoms with Gasteiger partial charge in [-0.25, -0.2) is 4.98 Å². The quantitative estimate of drug-likeness (QED) is 0.888. The standard InChI is InChI=1S/C12H17N3O2S/c1-4-9-12(17)13-5-11(16)15(9)6-10-14-7(2)8(3)18-10/h9H,4-6H2,1-3H3,(H,13,17). The van der Waals surface area contributed by atoms with Crippen LogP contribution in [0, 0.1) is 13.8 Å². The fourth-order valence-electron chi connectivity index (χ4n) is 2.05. The van der Waals surface area contributed by atoms with Crippen molar-refractivity contribution in [3.8, 4) is 0 Å². The van der Waals surface area contributed by atoms with Gasteiger partial charge >= 0.3 is 0 Å². The highest BCUT2D eigenvalue weighted by Crippen LogP contribution is 2.20. The minimum absolute atomic E-state index is 0.0352. The molecule has 1 atom stereocenters. The van der Waals surface area contributed by atoms with Gasteiger partial charge in [0.15, 0.2) is 0 Å². The number of hydrogen-bond donors (Lipinski definition) is 1. The Hall–Kier alpha value is -1.43. The Kier molecular flexibility index (Phi) is 3.65. The number of amides is 2. The molecule has 0 spiro atoms. The van der Waals surface area contributed by atoms with Crippen molar-refractivity contribution in [2.75, 3.05) is 6.54 Å². The van der Waals surface area contributed by atoms with Crippen molar-refractivity contribution in [3.05, 3.63) is 15.6 Å². The van der Waals surface area contributed by atoms with Crippen molar-refractivity contribution in [1.82, 2.24) is 15.2 Å². The molecule has 2 amide bonds. The number of carbonyl (C=O) groups excluding carboxylic acids is 2. The predicted molar refractivity (Wildman–Crippen MR) is 69.2 cm³/mol. The Balaban J connectivity index is 2.19. The van der Waals surface area contributed by atoms with Crippen LogP contribution in [-0.4, -0.2) is 34.3 Å². The number of nitrogens with zero attached hydrogens (tertiary/aromatic N) is 2. The molecule has 1 fully saturated rings. The normalized spacial score (nSPS) is 20.2. The van der Waals surface area contributed by atoms with E-state index in [9.17, 15) is 9.59 Å². The van der Waals surface area contributed by atoms with Gasteiger partial charge in [-0.1, -0.05) is 6.92 Å². The van der Waals surface area contributed by atoms with Crippen LogP contribution >= 0.6 is 11.3 Å². The van der Waals surface area contributed by atoms with Gasteiger partial charge in [-0.15, -0.1) is 11.3 Å². The first kappa shape index (κ1) is 13.0. The lowest BCUT2D eigenvalue weighted by Crippen LogP contribution is -2.57. The second kappa shape index (κ2) is 5.06. The molecular formula is C12H17N3O2S. The highest BCUT2D eigenvalue weighted by Gasteiger charge is 2.33. The molecular weight excluding hydrogens is 250 g/mol. The van der Waals surface area contributed by atoms with E-state index in [0.717, 1.165) is 15.6 Å². The highest BCUT2D eigenvalue weighted by molar-refractivity contribution is 7.11. The third-order valence-electron chi connectivity index (χ3n) is 3.18. The third-order valence-corrected chi connectivity index (χ3v) is 4.24. The maximum atomic E-state index is 11.9.